The Labute approximate surface area is 197 Å². The fraction of sp³-hybridized carbons (Fsp3) is 0.269. The number of fused-ring (bicyclic) bond motifs is 1. The van der Waals surface area contributed by atoms with E-state index in [1.807, 2.05) is 18.2 Å². The Hall–Kier alpha value is -3.78. The van der Waals surface area contributed by atoms with Gasteiger partial charge in [0.05, 0.1) is 35.7 Å². The van der Waals surface area contributed by atoms with Crippen LogP contribution < -0.4 is 5.32 Å². The Bertz CT molecular complexity index is 1320. The Morgan fingerprint density at radius 2 is 1.82 bits per heavy atom. The van der Waals surface area contributed by atoms with Crippen LogP contribution in [0.3, 0.4) is 0 Å². The van der Waals surface area contributed by atoms with E-state index in [0.29, 0.717) is 28.7 Å². The predicted molar refractivity (Wildman–Crippen MR) is 129 cm³/mol. The molecule has 5 rings (SSSR count). The summed E-state index contributed by atoms with van der Waals surface area (Å²) in [5.41, 5.74) is 3.17. The van der Waals surface area contributed by atoms with Crippen LogP contribution in [-0.2, 0) is 6.42 Å². The van der Waals surface area contributed by atoms with E-state index in [4.69, 9.17) is 9.97 Å². The van der Waals surface area contributed by atoms with E-state index in [9.17, 15) is 9.18 Å². The molecule has 0 saturated carbocycles. The first-order valence-electron chi connectivity index (χ1n) is 11.4. The summed E-state index contributed by atoms with van der Waals surface area (Å²) in [5, 5.41) is 4.37. The van der Waals surface area contributed by atoms with Gasteiger partial charge in [-0.05, 0) is 75.4 Å². The summed E-state index contributed by atoms with van der Waals surface area (Å²) < 4.78 is 13.1. The largest absolute Gasteiger partial charge is 0.366 e. The number of halogens is 1. The normalized spacial score (nSPS) is 14.9. The predicted octanol–water partition coefficient (Wildman–Crippen LogP) is 4.16. The van der Waals surface area contributed by atoms with E-state index in [1.54, 1.807) is 18.6 Å². The van der Waals surface area contributed by atoms with Crippen LogP contribution in [0.2, 0.25) is 0 Å². The standard InChI is InChI=1S/C26H25FN6O/c1-33-10-8-20(9-11-33)30-26-16-28-15-24(32-26)22-7-4-18-14-29-21(12-23(18)31-22)13-25(34)17-2-5-19(27)6-3-17/h2-7,12,14-16,20H,8-11,13H2,1H3,(H,30,32). The molecule has 0 unspecified atom stereocenters. The molecule has 1 aliphatic heterocycles. The molecule has 7 nitrogen and oxygen atoms in total. The number of hydrogen-bond acceptors (Lipinski definition) is 7. The molecule has 3 aromatic heterocycles. The van der Waals surface area contributed by atoms with Crippen LogP contribution in [0.4, 0.5) is 10.2 Å². The van der Waals surface area contributed by atoms with E-state index in [1.165, 1.54) is 24.3 Å². The molecule has 1 aromatic carbocycles. The number of carbonyl (C=O) groups excluding carboxylic acids is 1. The van der Waals surface area contributed by atoms with Crippen molar-refractivity contribution in [1.82, 2.24) is 24.8 Å². The highest BCUT2D eigenvalue weighted by molar-refractivity contribution is 5.97. The lowest BCUT2D eigenvalue weighted by Gasteiger charge is -2.29. The summed E-state index contributed by atoms with van der Waals surface area (Å²) in [6.45, 7) is 2.13. The number of likely N-dealkylation sites (tertiary alicyclic amines) is 1. The number of benzene rings is 1. The fourth-order valence-corrected chi connectivity index (χ4v) is 4.12. The zero-order valence-corrected chi connectivity index (χ0v) is 18.9. The molecular formula is C26H25FN6O. The van der Waals surface area contributed by atoms with Gasteiger partial charge in [-0.25, -0.2) is 14.4 Å². The number of piperidine rings is 1. The number of nitrogens with zero attached hydrogens (tertiary/aromatic N) is 5. The van der Waals surface area contributed by atoms with E-state index in [0.717, 1.165) is 42.7 Å². The first kappa shape index (κ1) is 22.0. The Balaban J connectivity index is 1.35. The minimum Gasteiger partial charge on any atom is -0.366 e. The van der Waals surface area contributed by atoms with E-state index >= 15 is 0 Å². The van der Waals surface area contributed by atoms with Crippen molar-refractivity contribution >= 4 is 22.5 Å². The van der Waals surface area contributed by atoms with Crippen molar-refractivity contribution in [2.45, 2.75) is 25.3 Å². The van der Waals surface area contributed by atoms with Crippen molar-refractivity contribution in [2.24, 2.45) is 0 Å². The number of ketones is 1. The maximum atomic E-state index is 13.1. The summed E-state index contributed by atoms with van der Waals surface area (Å²) in [5.74, 6) is 0.252. The number of nitrogens with one attached hydrogen (secondary N) is 1. The first-order chi connectivity index (χ1) is 16.5. The van der Waals surface area contributed by atoms with Crippen LogP contribution in [-0.4, -0.2) is 56.8 Å². The van der Waals surface area contributed by atoms with Gasteiger partial charge in [0.2, 0.25) is 0 Å². The molecule has 1 N–H and O–H groups in total. The van der Waals surface area contributed by atoms with Crippen LogP contribution in [0.15, 0.2) is 61.1 Å². The van der Waals surface area contributed by atoms with Gasteiger partial charge in [0, 0.05) is 23.2 Å². The number of hydrogen-bond donors (Lipinski definition) is 1. The zero-order chi connectivity index (χ0) is 23.5. The summed E-state index contributed by atoms with van der Waals surface area (Å²) >= 11 is 0. The molecule has 0 bridgehead atoms. The lowest BCUT2D eigenvalue weighted by Crippen LogP contribution is -2.36. The maximum Gasteiger partial charge on any atom is 0.168 e. The highest BCUT2D eigenvalue weighted by Gasteiger charge is 2.17. The topological polar surface area (TPSA) is 83.9 Å². The molecule has 172 valence electrons. The van der Waals surface area contributed by atoms with Crippen molar-refractivity contribution in [1.29, 1.82) is 0 Å². The monoisotopic (exact) mass is 456 g/mol. The third kappa shape index (κ3) is 5.07. The summed E-state index contributed by atoms with van der Waals surface area (Å²) in [7, 11) is 2.14. The molecule has 1 fully saturated rings. The minimum absolute atomic E-state index is 0.114. The maximum absolute atomic E-state index is 13.1. The molecule has 4 heterocycles. The van der Waals surface area contributed by atoms with Crippen molar-refractivity contribution in [3.05, 3.63) is 78.1 Å². The Kier molecular flexibility index (Phi) is 6.22. The van der Waals surface area contributed by atoms with Gasteiger partial charge < -0.3 is 10.2 Å². The average Bonchev–Trinajstić information content (AvgIpc) is 2.85. The average molecular weight is 457 g/mol. The number of anilines is 1. The Morgan fingerprint density at radius 3 is 2.62 bits per heavy atom. The quantitative estimate of drug-likeness (QED) is 0.436. The summed E-state index contributed by atoms with van der Waals surface area (Å²) in [4.78, 5) is 33.1. The number of aromatic nitrogens is 4. The lowest BCUT2D eigenvalue weighted by atomic mass is 10.1. The first-order valence-corrected chi connectivity index (χ1v) is 11.4. The number of rotatable bonds is 6. The third-order valence-corrected chi connectivity index (χ3v) is 6.11. The number of pyridine rings is 2. The van der Waals surface area contributed by atoms with Crippen LogP contribution in [0.25, 0.3) is 22.3 Å². The third-order valence-electron chi connectivity index (χ3n) is 6.11. The summed E-state index contributed by atoms with van der Waals surface area (Å²) in [6.07, 6.45) is 7.42. The van der Waals surface area contributed by atoms with Crippen molar-refractivity contribution in [3.63, 3.8) is 0 Å². The van der Waals surface area contributed by atoms with E-state index in [2.05, 4.69) is 27.2 Å². The molecule has 1 saturated heterocycles. The fourth-order valence-electron chi connectivity index (χ4n) is 4.12. The zero-order valence-electron chi connectivity index (χ0n) is 18.9. The van der Waals surface area contributed by atoms with Crippen molar-refractivity contribution in [2.75, 3.05) is 25.5 Å². The van der Waals surface area contributed by atoms with E-state index < -0.39 is 0 Å². The molecule has 0 atom stereocenters. The number of carbonyl (C=O) groups is 1. The molecule has 0 amide bonds. The molecule has 34 heavy (non-hydrogen) atoms. The van der Waals surface area contributed by atoms with Gasteiger partial charge in [0.25, 0.3) is 0 Å². The molecule has 4 aromatic rings. The van der Waals surface area contributed by atoms with Gasteiger partial charge in [-0.3, -0.25) is 14.8 Å². The molecule has 0 spiro atoms. The van der Waals surface area contributed by atoms with Gasteiger partial charge in [-0.15, -0.1) is 0 Å². The van der Waals surface area contributed by atoms with Crippen molar-refractivity contribution < 1.29 is 9.18 Å². The van der Waals surface area contributed by atoms with Gasteiger partial charge in [-0.2, -0.15) is 0 Å². The second-order valence-corrected chi connectivity index (χ2v) is 8.68. The molecular weight excluding hydrogens is 431 g/mol. The number of Topliss-reactive ketones (excluding diaryl/α,β-unsaturated/α-hetero) is 1. The van der Waals surface area contributed by atoms with Gasteiger partial charge >= 0.3 is 0 Å². The van der Waals surface area contributed by atoms with Crippen LogP contribution >= 0.6 is 0 Å². The summed E-state index contributed by atoms with van der Waals surface area (Å²) in [6, 6.07) is 11.6. The minimum atomic E-state index is -0.370. The highest BCUT2D eigenvalue weighted by Crippen LogP contribution is 2.22. The lowest BCUT2D eigenvalue weighted by molar-refractivity contribution is 0.0992. The SMILES string of the molecule is CN1CCC(Nc2cncc(-c3ccc4cnc(CC(=O)c5ccc(F)cc5)cc4n3)n2)CC1. The van der Waals surface area contributed by atoms with Crippen LogP contribution in [0, 0.1) is 5.82 Å². The molecule has 1 aliphatic rings. The van der Waals surface area contributed by atoms with Crippen LogP contribution in [0.1, 0.15) is 28.9 Å². The second-order valence-electron chi connectivity index (χ2n) is 8.68. The van der Waals surface area contributed by atoms with Crippen LogP contribution in [0.5, 0.6) is 0 Å². The Morgan fingerprint density at radius 1 is 1.03 bits per heavy atom. The van der Waals surface area contributed by atoms with Gasteiger partial charge in [0.15, 0.2) is 5.78 Å². The van der Waals surface area contributed by atoms with Gasteiger partial charge in [-0.1, -0.05) is 0 Å². The smallest absolute Gasteiger partial charge is 0.168 e. The molecule has 0 aliphatic carbocycles. The molecule has 8 heteroatoms. The highest BCUT2D eigenvalue weighted by atomic mass is 19.1. The van der Waals surface area contributed by atoms with Gasteiger partial charge in [0.1, 0.15) is 17.3 Å². The van der Waals surface area contributed by atoms with Crippen molar-refractivity contribution in [3.8, 4) is 11.4 Å². The van der Waals surface area contributed by atoms with E-state index in [-0.39, 0.29) is 18.0 Å². The molecule has 0 radical (unpaired) electrons. The second kappa shape index (κ2) is 9.61.